The second-order valence-electron chi connectivity index (χ2n) is 11.3. The number of aliphatic hydroxyl groups excluding tert-OH is 1. The lowest BCUT2D eigenvalue weighted by atomic mass is 9.78. The Kier molecular flexibility index (Phi) is 9.28. The number of rotatable bonds is 9. The molecule has 10 nitrogen and oxygen atoms in total. The lowest BCUT2D eigenvalue weighted by Gasteiger charge is -2.36. The van der Waals surface area contributed by atoms with Gasteiger partial charge in [0.15, 0.2) is 0 Å². The molecule has 0 aromatic carbocycles. The number of amides is 1. The minimum absolute atomic E-state index is 0.0972. The summed E-state index contributed by atoms with van der Waals surface area (Å²) in [5.74, 6) is 1.53. The van der Waals surface area contributed by atoms with E-state index < -0.39 is 0 Å². The van der Waals surface area contributed by atoms with Crippen molar-refractivity contribution in [3.63, 3.8) is 0 Å². The van der Waals surface area contributed by atoms with Crippen LogP contribution in [0.15, 0.2) is 0 Å². The molecular weight excluding hydrogens is 446 g/mol. The number of nitrogens with zero attached hydrogens (tertiary/aromatic N) is 1. The Labute approximate surface area is 210 Å². The number of hydrazine groups is 1. The molecule has 200 valence electrons. The standard InChI is InChI=1S/C25H47N7O3/c33-11-10-32-22(30-31-24(32)21-7-9-26-16-29-21)15-27-20-6-2-4-18(13-20)25(34)28-14-19-5-1-3-17-8-12-35-23(17)19/h17-24,26-27,29-31,33H,1-16H2,(H,28,34). The van der Waals surface area contributed by atoms with E-state index in [2.05, 4.69) is 37.0 Å². The first kappa shape index (κ1) is 25.8. The van der Waals surface area contributed by atoms with Gasteiger partial charge in [0.1, 0.15) is 0 Å². The van der Waals surface area contributed by atoms with Crippen molar-refractivity contribution in [3.05, 3.63) is 0 Å². The molecule has 3 saturated heterocycles. The lowest BCUT2D eigenvalue weighted by molar-refractivity contribution is -0.126. The Hall–Kier alpha value is -0.850. The molecule has 2 saturated carbocycles. The van der Waals surface area contributed by atoms with Crippen molar-refractivity contribution in [1.29, 1.82) is 0 Å². The Balaban J connectivity index is 1.07. The van der Waals surface area contributed by atoms with Crippen molar-refractivity contribution in [1.82, 2.24) is 37.0 Å². The maximum atomic E-state index is 13.0. The van der Waals surface area contributed by atoms with Crippen LogP contribution in [0, 0.1) is 17.8 Å². The predicted octanol–water partition coefficient (Wildman–Crippen LogP) is -0.580. The van der Waals surface area contributed by atoms with E-state index >= 15 is 0 Å². The van der Waals surface area contributed by atoms with Gasteiger partial charge in [0.25, 0.3) is 0 Å². The second-order valence-corrected chi connectivity index (χ2v) is 11.3. The van der Waals surface area contributed by atoms with Crippen LogP contribution in [0.4, 0.5) is 0 Å². The molecule has 2 aliphatic carbocycles. The number of carbonyl (C=O) groups is 1. The van der Waals surface area contributed by atoms with Gasteiger partial charge in [-0.3, -0.25) is 15.0 Å². The van der Waals surface area contributed by atoms with Crippen molar-refractivity contribution in [2.24, 2.45) is 17.8 Å². The third-order valence-corrected chi connectivity index (χ3v) is 9.08. The number of hydrogen-bond donors (Lipinski definition) is 7. The highest BCUT2D eigenvalue weighted by molar-refractivity contribution is 5.78. The quantitative estimate of drug-likeness (QED) is 0.226. The van der Waals surface area contributed by atoms with Gasteiger partial charge in [-0.25, -0.2) is 10.9 Å². The summed E-state index contributed by atoms with van der Waals surface area (Å²) in [4.78, 5) is 15.4. The second kappa shape index (κ2) is 12.6. The van der Waals surface area contributed by atoms with E-state index in [1.807, 2.05) is 0 Å². The summed E-state index contributed by atoms with van der Waals surface area (Å²) < 4.78 is 6.02. The molecule has 0 spiro atoms. The summed E-state index contributed by atoms with van der Waals surface area (Å²) in [6.07, 6.45) is 10.7. The van der Waals surface area contributed by atoms with Crippen LogP contribution in [-0.2, 0) is 9.53 Å². The summed E-state index contributed by atoms with van der Waals surface area (Å²) in [6.45, 7) is 5.05. The smallest absolute Gasteiger partial charge is 0.223 e. The van der Waals surface area contributed by atoms with E-state index in [-0.39, 0.29) is 30.8 Å². The Morgan fingerprint density at radius 1 is 1.06 bits per heavy atom. The van der Waals surface area contributed by atoms with Crippen molar-refractivity contribution < 1.29 is 14.6 Å². The van der Waals surface area contributed by atoms with Gasteiger partial charge in [0.2, 0.25) is 5.91 Å². The van der Waals surface area contributed by atoms with Crippen molar-refractivity contribution in [3.8, 4) is 0 Å². The molecule has 5 aliphatic rings. The fraction of sp³-hybridized carbons (Fsp3) is 0.960. The molecule has 0 aromatic heterocycles. The van der Waals surface area contributed by atoms with Gasteiger partial charge >= 0.3 is 0 Å². The SMILES string of the molecule is O=C(NCC1CCCC2CCOC21)C1CCCC(NCC2NNC(C3CCNCN3)N2CCO)C1. The van der Waals surface area contributed by atoms with Crippen LogP contribution in [0.2, 0.25) is 0 Å². The van der Waals surface area contributed by atoms with E-state index in [1.165, 1.54) is 25.7 Å². The lowest BCUT2D eigenvalue weighted by Crippen LogP contribution is -2.59. The van der Waals surface area contributed by atoms with Crippen LogP contribution in [0.1, 0.15) is 57.8 Å². The highest BCUT2D eigenvalue weighted by Gasteiger charge is 2.39. The molecule has 5 fully saturated rings. The van der Waals surface area contributed by atoms with Gasteiger partial charge in [-0.05, 0) is 57.4 Å². The third-order valence-electron chi connectivity index (χ3n) is 9.08. The molecule has 0 bridgehead atoms. The van der Waals surface area contributed by atoms with Gasteiger partial charge in [0.05, 0.1) is 25.0 Å². The topological polar surface area (TPSA) is 122 Å². The summed E-state index contributed by atoms with van der Waals surface area (Å²) in [5, 5.41) is 23.6. The van der Waals surface area contributed by atoms with Crippen LogP contribution in [-0.4, -0.2) is 92.5 Å². The number of aliphatic hydroxyl groups is 1. The first-order chi connectivity index (χ1) is 17.2. The highest BCUT2D eigenvalue weighted by atomic mass is 16.5. The Morgan fingerprint density at radius 2 is 1.97 bits per heavy atom. The Bertz CT molecular complexity index is 679. The number of nitrogens with one attached hydrogen (secondary N) is 6. The van der Waals surface area contributed by atoms with E-state index in [4.69, 9.17) is 4.74 Å². The van der Waals surface area contributed by atoms with Crippen LogP contribution >= 0.6 is 0 Å². The molecule has 1 amide bonds. The van der Waals surface area contributed by atoms with E-state index in [1.54, 1.807) is 0 Å². The van der Waals surface area contributed by atoms with Crippen LogP contribution in [0.25, 0.3) is 0 Å². The first-order valence-electron chi connectivity index (χ1n) is 14.2. The molecule has 35 heavy (non-hydrogen) atoms. The summed E-state index contributed by atoms with van der Waals surface area (Å²) >= 11 is 0. The van der Waals surface area contributed by atoms with E-state index in [0.717, 1.165) is 65.0 Å². The van der Waals surface area contributed by atoms with E-state index in [9.17, 15) is 9.90 Å². The Morgan fingerprint density at radius 3 is 2.83 bits per heavy atom. The molecule has 0 radical (unpaired) electrons. The summed E-state index contributed by atoms with van der Waals surface area (Å²) in [6, 6.07) is 0.697. The van der Waals surface area contributed by atoms with Crippen LogP contribution in [0.3, 0.4) is 0 Å². The molecule has 3 heterocycles. The number of fused-ring (bicyclic) bond motifs is 1. The molecule has 8 unspecified atom stereocenters. The molecule has 10 heteroatoms. The zero-order chi connectivity index (χ0) is 24.0. The third kappa shape index (κ3) is 6.35. The monoisotopic (exact) mass is 493 g/mol. The van der Waals surface area contributed by atoms with Gasteiger partial charge in [-0.1, -0.05) is 12.8 Å². The van der Waals surface area contributed by atoms with Gasteiger partial charge in [-0.2, -0.15) is 0 Å². The first-order valence-corrected chi connectivity index (χ1v) is 14.2. The normalized spacial score (nSPS) is 40.5. The van der Waals surface area contributed by atoms with E-state index in [0.29, 0.717) is 36.6 Å². The maximum Gasteiger partial charge on any atom is 0.223 e. The maximum absolute atomic E-state index is 13.0. The zero-order valence-electron chi connectivity index (χ0n) is 21.1. The molecule has 7 N–H and O–H groups in total. The average molecular weight is 494 g/mol. The van der Waals surface area contributed by atoms with Gasteiger partial charge in [0, 0.05) is 56.8 Å². The molecule has 3 aliphatic heterocycles. The number of ether oxygens (including phenoxy) is 1. The molecule has 0 aromatic rings. The number of hydrogen-bond acceptors (Lipinski definition) is 9. The molecular formula is C25H47N7O3. The largest absolute Gasteiger partial charge is 0.395 e. The zero-order valence-corrected chi connectivity index (χ0v) is 21.1. The van der Waals surface area contributed by atoms with Crippen molar-refractivity contribution in [2.75, 3.05) is 46.1 Å². The summed E-state index contributed by atoms with van der Waals surface area (Å²) in [5.41, 5.74) is 6.89. The fourth-order valence-electron chi connectivity index (χ4n) is 7.15. The van der Waals surface area contributed by atoms with Crippen LogP contribution in [0.5, 0.6) is 0 Å². The minimum atomic E-state index is 0.0972. The minimum Gasteiger partial charge on any atom is -0.395 e. The number of carbonyl (C=O) groups excluding carboxylic acids is 1. The average Bonchev–Trinajstić information content (AvgIpc) is 3.54. The van der Waals surface area contributed by atoms with Gasteiger partial charge < -0.3 is 25.8 Å². The highest BCUT2D eigenvalue weighted by Crippen LogP contribution is 2.37. The van der Waals surface area contributed by atoms with Crippen molar-refractivity contribution >= 4 is 5.91 Å². The van der Waals surface area contributed by atoms with Crippen molar-refractivity contribution in [2.45, 2.75) is 88.3 Å². The molecule has 5 rings (SSSR count). The van der Waals surface area contributed by atoms with Gasteiger partial charge in [-0.15, -0.1) is 0 Å². The summed E-state index contributed by atoms with van der Waals surface area (Å²) in [7, 11) is 0. The predicted molar refractivity (Wildman–Crippen MR) is 134 cm³/mol. The van der Waals surface area contributed by atoms with Crippen LogP contribution < -0.4 is 32.1 Å². The fourth-order valence-corrected chi connectivity index (χ4v) is 7.15. The number of β-amino-alcohol motifs (C(OH)–C–C–N with tert-alkyl or cyclic N) is 1. The molecule has 8 atom stereocenters.